The number of nitrogens with one attached hydrogen (secondary N) is 1. The van der Waals surface area contributed by atoms with Crippen LogP contribution in [0.25, 0.3) is 22.1 Å². The summed E-state index contributed by atoms with van der Waals surface area (Å²) in [5.74, 6) is 0.0490. The summed E-state index contributed by atoms with van der Waals surface area (Å²) in [5.41, 5.74) is 3.45. The summed E-state index contributed by atoms with van der Waals surface area (Å²) in [6.07, 6.45) is 0. The van der Waals surface area contributed by atoms with Crippen LogP contribution >= 0.6 is 0 Å². The molecule has 0 saturated carbocycles. The first-order valence-corrected chi connectivity index (χ1v) is 11.1. The van der Waals surface area contributed by atoms with Crippen LogP contribution in [0.1, 0.15) is 15.9 Å². The lowest BCUT2D eigenvalue weighted by molar-refractivity contribution is 0.0290. The smallest absolute Gasteiger partial charge is 0.183 e. The van der Waals surface area contributed by atoms with Gasteiger partial charge in [0.25, 0.3) is 0 Å². The van der Waals surface area contributed by atoms with Gasteiger partial charge in [-0.15, -0.1) is 0 Å². The van der Waals surface area contributed by atoms with Gasteiger partial charge >= 0.3 is 0 Å². The number of para-hydroxylation sites is 2. The summed E-state index contributed by atoms with van der Waals surface area (Å²) in [6.45, 7) is 7.53. The third-order valence-corrected chi connectivity index (χ3v) is 6.34. The Hall–Kier alpha value is -2.96. The maximum Gasteiger partial charge on any atom is 0.183 e. The number of aromatic nitrogens is 2. The summed E-state index contributed by atoms with van der Waals surface area (Å²) in [7, 11) is 0. The first-order chi connectivity index (χ1) is 15.7. The Morgan fingerprint density at radius 2 is 1.84 bits per heavy atom. The van der Waals surface area contributed by atoms with Crippen molar-refractivity contribution in [1.29, 1.82) is 5.26 Å². The standard InChI is InChI=1S/C24H26N6O2/c25-15-17-3-1-5-19-22(17)28-23-18(4-2-6-20(23)27-19)24(31)21-16-26-7-8-30(21)10-9-29-11-13-32-14-12-29/h1-6,21,26H,7-14,16H2. The molecule has 1 unspecified atom stereocenters. The number of nitrogens with zero attached hydrogens (tertiary/aromatic N) is 5. The quantitative estimate of drug-likeness (QED) is 0.480. The molecular formula is C24H26N6O2. The fraction of sp³-hybridized carbons (Fsp3) is 0.417. The van der Waals surface area contributed by atoms with Gasteiger partial charge in [0.2, 0.25) is 0 Å². The van der Waals surface area contributed by atoms with Crippen LogP contribution in [-0.2, 0) is 4.74 Å². The molecule has 3 aromatic rings. The van der Waals surface area contributed by atoms with Crippen LogP contribution in [0, 0.1) is 11.3 Å². The fourth-order valence-electron chi connectivity index (χ4n) is 4.56. The second kappa shape index (κ2) is 9.27. The molecule has 1 N–H and O–H groups in total. The number of ether oxygens (including phenoxy) is 1. The summed E-state index contributed by atoms with van der Waals surface area (Å²) >= 11 is 0. The molecule has 1 aromatic heterocycles. The fourth-order valence-corrected chi connectivity index (χ4v) is 4.56. The van der Waals surface area contributed by atoms with E-state index in [-0.39, 0.29) is 11.8 Å². The molecule has 2 aromatic carbocycles. The van der Waals surface area contributed by atoms with Gasteiger partial charge in [0.05, 0.1) is 35.9 Å². The van der Waals surface area contributed by atoms with E-state index < -0.39 is 0 Å². The number of carbonyl (C=O) groups excluding carboxylic acids is 1. The maximum atomic E-state index is 13.7. The van der Waals surface area contributed by atoms with Gasteiger partial charge in [0.1, 0.15) is 17.1 Å². The minimum absolute atomic E-state index is 0.0490. The minimum Gasteiger partial charge on any atom is -0.379 e. The Morgan fingerprint density at radius 1 is 1.06 bits per heavy atom. The maximum absolute atomic E-state index is 13.7. The predicted molar refractivity (Wildman–Crippen MR) is 122 cm³/mol. The first kappa shape index (κ1) is 20.9. The monoisotopic (exact) mass is 430 g/mol. The lowest BCUT2D eigenvalue weighted by Crippen LogP contribution is -2.56. The molecule has 0 bridgehead atoms. The zero-order valence-electron chi connectivity index (χ0n) is 18.0. The zero-order valence-corrected chi connectivity index (χ0v) is 18.0. The van der Waals surface area contributed by atoms with E-state index in [1.807, 2.05) is 24.3 Å². The van der Waals surface area contributed by atoms with Crippen LogP contribution < -0.4 is 5.32 Å². The van der Waals surface area contributed by atoms with Gasteiger partial charge in [-0.2, -0.15) is 5.26 Å². The van der Waals surface area contributed by atoms with Gasteiger partial charge in [-0.25, -0.2) is 9.97 Å². The SMILES string of the molecule is N#Cc1cccc2nc3cccc(C(=O)C4CNCCN4CCN4CCOCC4)c3nc12. The molecule has 3 heterocycles. The van der Waals surface area contributed by atoms with E-state index in [0.717, 1.165) is 52.5 Å². The van der Waals surface area contributed by atoms with Gasteiger partial charge in [-0.1, -0.05) is 12.1 Å². The summed E-state index contributed by atoms with van der Waals surface area (Å²) < 4.78 is 5.44. The predicted octanol–water partition coefficient (Wildman–Crippen LogP) is 1.44. The molecule has 0 aliphatic carbocycles. The van der Waals surface area contributed by atoms with Crippen molar-refractivity contribution in [2.45, 2.75) is 6.04 Å². The molecule has 8 nitrogen and oxygen atoms in total. The van der Waals surface area contributed by atoms with E-state index in [9.17, 15) is 10.1 Å². The first-order valence-electron chi connectivity index (χ1n) is 11.1. The largest absolute Gasteiger partial charge is 0.379 e. The van der Waals surface area contributed by atoms with E-state index in [4.69, 9.17) is 9.72 Å². The van der Waals surface area contributed by atoms with Crippen molar-refractivity contribution in [2.75, 3.05) is 59.0 Å². The van der Waals surface area contributed by atoms with Crippen molar-refractivity contribution in [3.05, 3.63) is 47.5 Å². The molecule has 2 saturated heterocycles. The van der Waals surface area contributed by atoms with Crippen LogP contribution in [0.4, 0.5) is 0 Å². The Balaban J connectivity index is 1.45. The number of Topliss-reactive ketones (excluding diaryl/α,β-unsaturated/α-hetero) is 1. The highest BCUT2D eigenvalue weighted by atomic mass is 16.5. The molecule has 8 heteroatoms. The van der Waals surface area contributed by atoms with Gasteiger partial charge in [0.15, 0.2) is 5.78 Å². The number of fused-ring (bicyclic) bond motifs is 2. The van der Waals surface area contributed by atoms with E-state index in [1.165, 1.54) is 0 Å². The number of morpholine rings is 1. The van der Waals surface area contributed by atoms with Gasteiger partial charge in [-0.05, 0) is 24.3 Å². The molecule has 0 spiro atoms. The summed E-state index contributed by atoms with van der Waals surface area (Å²) in [5, 5.41) is 12.9. The van der Waals surface area contributed by atoms with Crippen LogP contribution in [0.3, 0.4) is 0 Å². The Morgan fingerprint density at radius 3 is 2.66 bits per heavy atom. The number of carbonyl (C=O) groups is 1. The second-order valence-electron chi connectivity index (χ2n) is 8.26. The molecule has 5 rings (SSSR count). The molecule has 164 valence electrons. The van der Waals surface area contributed by atoms with E-state index in [1.54, 1.807) is 12.1 Å². The van der Waals surface area contributed by atoms with Crippen LogP contribution in [0.2, 0.25) is 0 Å². The van der Waals surface area contributed by atoms with Crippen molar-refractivity contribution in [2.24, 2.45) is 0 Å². The van der Waals surface area contributed by atoms with Gasteiger partial charge < -0.3 is 10.1 Å². The topological polar surface area (TPSA) is 94.4 Å². The summed E-state index contributed by atoms with van der Waals surface area (Å²) in [4.78, 5) is 27.8. The van der Waals surface area contributed by atoms with E-state index in [0.29, 0.717) is 39.7 Å². The molecular weight excluding hydrogens is 404 g/mol. The Kier molecular flexibility index (Phi) is 6.06. The highest BCUT2D eigenvalue weighted by Crippen LogP contribution is 2.23. The van der Waals surface area contributed by atoms with Crippen LogP contribution in [-0.4, -0.2) is 90.6 Å². The minimum atomic E-state index is -0.251. The lowest BCUT2D eigenvalue weighted by Gasteiger charge is -2.37. The van der Waals surface area contributed by atoms with Crippen molar-refractivity contribution < 1.29 is 9.53 Å². The second-order valence-corrected chi connectivity index (χ2v) is 8.26. The third-order valence-electron chi connectivity index (χ3n) is 6.34. The number of hydrogen-bond donors (Lipinski definition) is 1. The molecule has 2 aliphatic heterocycles. The summed E-state index contributed by atoms with van der Waals surface area (Å²) in [6, 6.07) is 12.9. The number of benzene rings is 2. The zero-order chi connectivity index (χ0) is 21.9. The van der Waals surface area contributed by atoms with Crippen LogP contribution in [0.5, 0.6) is 0 Å². The number of piperazine rings is 1. The number of hydrogen-bond acceptors (Lipinski definition) is 8. The average Bonchev–Trinajstić information content (AvgIpc) is 2.86. The van der Waals surface area contributed by atoms with Gasteiger partial charge in [-0.3, -0.25) is 14.6 Å². The van der Waals surface area contributed by atoms with E-state index in [2.05, 4.69) is 26.2 Å². The molecule has 2 aliphatic rings. The number of ketones is 1. The van der Waals surface area contributed by atoms with Crippen molar-refractivity contribution >= 4 is 27.9 Å². The molecule has 1 atom stereocenters. The number of nitriles is 1. The van der Waals surface area contributed by atoms with Gasteiger partial charge in [0, 0.05) is 51.4 Å². The highest BCUT2D eigenvalue weighted by Gasteiger charge is 2.31. The average molecular weight is 431 g/mol. The molecule has 0 amide bonds. The van der Waals surface area contributed by atoms with Crippen LogP contribution in [0.15, 0.2) is 36.4 Å². The molecule has 0 radical (unpaired) electrons. The third kappa shape index (κ3) is 4.08. The van der Waals surface area contributed by atoms with Crippen molar-refractivity contribution in [3.63, 3.8) is 0 Å². The molecule has 32 heavy (non-hydrogen) atoms. The van der Waals surface area contributed by atoms with Crippen molar-refractivity contribution in [1.82, 2.24) is 25.1 Å². The normalized spacial score (nSPS) is 20.4. The van der Waals surface area contributed by atoms with E-state index >= 15 is 0 Å². The highest BCUT2D eigenvalue weighted by molar-refractivity contribution is 6.10. The van der Waals surface area contributed by atoms with Crippen molar-refractivity contribution in [3.8, 4) is 6.07 Å². The number of rotatable bonds is 5. The lowest BCUT2D eigenvalue weighted by atomic mass is 9.99. The Labute approximate surface area is 186 Å². The molecule has 2 fully saturated rings. The Bertz CT molecular complexity index is 1180.